The highest BCUT2D eigenvalue weighted by Crippen LogP contribution is 2.41. The number of fused-ring (bicyclic) bond motifs is 1. The maximum atomic E-state index is 13.3. The molecule has 0 bridgehead atoms. The SMILES string of the molecule is COc1ccc(C#N)cc1-c1cc(C)ncc1C(=O)Nc1nc2c(s1)CN(C(=O)C1CC(C(F)F)C1)C2. The summed E-state index contributed by atoms with van der Waals surface area (Å²) in [4.78, 5) is 37.2. The van der Waals surface area contributed by atoms with E-state index in [4.69, 9.17) is 4.74 Å². The van der Waals surface area contributed by atoms with Gasteiger partial charge in [0.25, 0.3) is 5.91 Å². The third-order valence-corrected chi connectivity index (χ3v) is 7.77. The number of nitriles is 1. The number of nitrogens with zero attached hydrogens (tertiary/aromatic N) is 4. The molecule has 2 aliphatic rings. The second-order valence-corrected chi connectivity index (χ2v) is 10.3. The number of methoxy groups -OCH3 is 1. The van der Waals surface area contributed by atoms with E-state index in [1.807, 2.05) is 6.92 Å². The van der Waals surface area contributed by atoms with E-state index in [1.54, 1.807) is 29.2 Å². The van der Waals surface area contributed by atoms with Crippen molar-refractivity contribution in [3.63, 3.8) is 0 Å². The van der Waals surface area contributed by atoms with Crippen molar-refractivity contribution in [1.29, 1.82) is 5.26 Å². The van der Waals surface area contributed by atoms with Crippen LogP contribution < -0.4 is 10.1 Å². The Balaban J connectivity index is 1.32. The number of benzene rings is 1. The molecule has 1 saturated carbocycles. The molecular formula is C26H23F2N5O3S. The Morgan fingerprint density at radius 2 is 2.03 bits per heavy atom. The number of amides is 2. The van der Waals surface area contributed by atoms with Crippen LogP contribution in [0.25, 0.3) is 11.1 Å². The van der Waals surface area contributed by atoms with Crippen molar-refractivity contribution in [2.24, 2.45) is 11.8 Å². The number of alkyl halides is 2. The van der Waals surface area contributed by atoms with Crippen LogP contribution in [0.3, 0.4) is 0 Å². The molecule has 1 N–H and O–H groups in total. The van der Waals surface area contributed by atoms with E-state index in [2.05, 4.69) is 21.4 Å². The lowest BCUT2D eigenvalue weighted by Crippen LogP contribution is -2.41. The normalized spacial score (nSPS) is 18.2. The zero-order chi connectivity index (χ0) is 26.3. The molecular weight excluding hydrogens is 500 g/mol. The van der Waals surface area contributed by atoms with Gasteiger partial charge in [-0.3, -0.25) is 19.9 Å². The fraction of sp³-hybridized carbons (Fsp3) is 0.346. The van der Waals surface area contributed by atoms with Crippen LogP contribution in [-0.2, 0) is 17.9 Å². The first-order chi connectivity index (χ1) is 17.8. The van der Waals surface area contributed by atoms with Crippen molar-refractivity contribution in [2.45, 2.75) is 39.3 Å². The van der Waals surface area contributed by atoms with Gasteiger partial charge in [-0.1, -0.05) is 11.3 Å². The summed E-state index contributed by atoms with van der Waals surface area (Å²) < 4.78 is 31.0. The van der Waals surface area contributed by atoms with Gasteiger partial charge in [0.15, 0.2) is 5.13 Å². The lowest BCUT2D eigenvalue weighted by atomic mass is 9.74. The number of rotatable bonds is 6. The van der Waals surface area contributed by atoms with E-state index in [1.165, 1.54) is 24.6 Å². The summed E-state index contributed by atoms with van der Waals surface area (Å²) in [5.41, 5.74) is 3.29. The topological polar surface area (TPSA) is 108 Å². The second kappa shape index (κ2) is 9.86. The number of carbonyl (C=O) groups is 2. The van der Waals surface area contributed by atoms with Crippen LogP contribution in [0.1, 0.15) is 45.0 Å². The third kappa shape index (κ3) is 4.76. The molecule has 0 radical (unpaired) electrons. The number of ether oxygens (including phenoxy) is 1. The first kappa shape index (κ1) is 24.8. The number of anilines is 1. The van der Waals surface area contributed by atoms with Crippen LogP contribution in [0.2, 0.25) is 0 Å². The van der Waals surface area contributed by atoms with Gasteiger partial charge in [0.2, 0.25) is 12.3 Å². The number of aromatic nitrogens is 2. The Hall–Kier alpha value is -3.91. The zero-order valence-corrected chi connectivity index (χ0v) is 20.9. The smallest absolute Gasteiger partial charge is 0.259 e. The monoisotopic (exact) mass is 523 g/mol. The predicted octanol–water partition coefficient (Wildman–Crippen LogP) is 4.78. The van der Waals surface area contributed by atoms with Crippen molar-refractivity contribution in [2.75, 3.05) is 12.4 Å². The van der Waals surface area contributed by atoms with Crippen LogP contribution in [0, 0.1) is 30.1 Å². The van der Waals surface area contributed by atoms with Crippen LogP contribution in [0.15, 0.2) is 30.5 Å². The lowest BCUT2D eigenvalue weighted by Gasteiger charge is -2.35. The summed E-state index contributed by atoms with van der Waals surface area (Å²) in [5, 5.41) is 12.6. The summed E-state index contributed by atoms with van der Waals surface area (Å²) in [5.74, 6) is -1.05. The molecule has 0 unspecified atom stereocenters. The van der Waals surface area contributed by atoms with Gasteiger partial charge in [0.05, 0.1) is 48.0 Å². The minimum absolute atomic E-state index is 0.114. The number of nitrogens with one attached hydrogen (secondary N) is 1. The second-order valence-electron chi connectivity index (χ2n) is 9.20. The summed E-state index contributed by atoms with van der Waals surface area (Å²) in [7, 11) is 1.52. The van der Waals surface area contributed by atoms with Gasteiger partial charge < -0.3 is 9.64 Å². The van der Waals surface area contributed by atoms with Crippen LogP contribution in [0.4, 0.5) is 13.9 Å². The third-order valence-electron chi connectivity index (χ3n) is 6.77. The maximum Gasteiger partial charge on any atom is 0.259 e. The Kier molecular flexibility index (Phi) is 6.60. The number of carbonyl (C=O) groups excluding carboxylic acids is 2. The van der Waals surface area contributed by atoms with Gasteiger partial charge in [-0.05, 0) is 44.0 Å². The first-order valence-corrected chi connectivity index (χ1v) is 12.5. The molecule has 0 atom stereocenters. The average molecular weight is 524 g/mol. The molecule has 2 amide bonds. The summed E-state index contributed by atoms with van der Waals surface area (Å²) >= 11 is 1.28. The van der Waals surface area contributed by atoms with Crippen LogP contribution >= 0.6 is 11.3 Å². The van der Waals surface area contributed by atoms with Gasteiger partial charge in [0.1, 0.15) is 5.75 Å². The summed E-state index contributed by atoms with van der Waals surface area (Å²) in [6.45, 7) is 2.46. The average Bonchev–Trinajstić information content (AvgIpc) is 3.41. The Bertz CT molecular complexity index is 1400. The highest BCUT2D eigenvalue weighted by atomic mass is 32.1. The highest BCUT2D eigenvalue weighted by Gasteiger charge is 2.42. The minimum atomic E-state index is -2.38. The van der Waals surface area contributed by atoms with Crippen LogP contribution in [0.5, 0.6) is 5.75 Å². The zero-order valence-electron chi connectivity index (χ0n) is 20.1. The molecule has 3 aromatic rings. The predicted molar refractivity (Wildman–Crippen MR) is 132 cm³/mol. The number of halogens is 2. The largest absolute Gasteiger partial charge is 0.496 e. The van der Waals surface area contributed by atoms with E-state index < -0.39 is 18.3 Å². The van der Waals surface area contributed by atoms with Crippen molar-refractivity contribution in [3.8, 4) is 22.9 Å². The van der Waals surface area contributed by atoms with E-state index in [9.17, 15) is 23.6 Å². The van der Waals surface area contributed by atoms with E-state index in [0.717, 1.165) is 4.88 Å². The molecule has 1 aliphatic heterocycles. The van der Waals surface area contributed by atoms with Crippen molar-refractivity contribution >= 4 is 28.3 Å². The summed E-state index contributed by atoms with van der Waals surface area (Å²) in [6.07, 6.45) is -0.446. The Morgan fingerprint density at radius 1 is 1.24 bits per heavy atom. The molecule has 1 aromatic carbocycles. The number of thiazole rings is 1. The number of pyridine rings is 1. The molecule has 1 aliphatic carbocycles. The lowest BCUT2D eigenvalue weighted by molar-refractivity contribution is -0.143. The van der Waals surface area contributed by atoms with Gasteiger partial charge >= 0.3 is 0 Å². The fourth-order valence-corrected chi connectivity index (χ4v) is 5.67. The first-order valence-electron chi connectivity index (χ1n) is 11.7. The Morgan fingerprint density at radius 3 is 2.70 bits per heavy atom. The van der Waals surface area contributed by atoms with Gasteiger partial charge in [-0.25, -0.2) is 13.8 Å². The molecule has 3 heterocycles. The van der Waals surface area contributed by atoms with Crippen molar-refractivity contribution in [1.82, 2.24) is 14.9 Å². The molecule has 11 heteroatoms. The van der Waals surface area contributed by atoms with Gasteiger partial charge in [-0.2, -0.15) is 5.26 Å². The van der Waals surface area contributed by atoms with Crippen molar-refractivity contribution in [3.05, 3.63) is 57.9 Å². The molecule has 2 aromatic heterocycles. The highest BCUT2D eigenvalue weighted by molar-refractivity contribution is 7.16. The molecule has 37 heavy (non-hydrogen) atoms. The number of hydrogen-bond acceptors (Lipinski definition) is 7. The van der Waals surface area contributed by atoms with E-state index >= 15 is 0 Å². The van der Waals surface area contributed by atoms with Crippen LogP contribution in [-0.4, -0.2) is 40.2 Å². The Labute approximate surface area is 215 Å². The molecule has 0 spiro atoms. The molecule has 0 saturated heterocycles. The van der Waals surface area contributed by atoms with Gasteiger partial charge in [-0.15, -0.1) is 0 Å². The minimum Gasteiger partial charge on any atom is -0.496 e. The van der Waals surface area contributed by atoms with E-state index in [0.29, 0.717) is 57.6 Å². The molecule has 5 rings (SSSR count). The van der Waals surface area contributed by atoms with Crippen molar-refractivity contribution < 1.29 is 23.1 Å². The quantitative estimate of drug-likeness (QED) is 0.498. The standard InChI is InChI=1S/C26H23F2N5O3S/c1-13-5-17(18-6-14(9-29)3-4-21(18)36-2)19(10-30-13)24(34)32-26-31-20-11-33(12-22(20)37-26)25(35)16-7-15(8-16)23(27)28/h3-6,10,15-16,23H,7-8,11-12H2,1-2H3,(H,31,32,34). The number of aryl methyl sites for hydroxylation is 1. The molecule has 1 fully saturated rings. The van der Waals surface area contributed by atoms with Gasteiger partial charge in [0, 0.05) is 34.9 Å². The summed E-state index contributed by atoms with van der Waals surface area (Å²) in [6, 6.07) is 8.86. The maximum absolute atomic E-state index is 13.3. The van der Waals surface area contributed by atoms with E-state index in [-0.39, 0.29) is 24.7 Å². The fourth-order valence-electron chi connectivity index (χ4n) is 4.69. The molecule has 8 nitrogen and oxygen atoms in total. The number of hydrogen-bond donors (Lipinski definition) is 1. The molecule has 190 valence electrons.